The second-order valence-corrected chi connectivity index (χ2v) is 4.84. The summed E-state index contributed by atoms with van der Waals surface area (Å²) >= 11 is 5.83. The van der Waals surface area contributed by atoms with Crippen molar-refractivity contribution in [1.29, 1.82) is 0 Å². The van der Waals surface area contributed by atoms with Crippen molar-refractivity contribution in [3.63, 3.8) is 0 Å². The highest BCUT2D eigenvalue weighted by Gasteiger charge is 2.17. The molecular weight excluding hydrogens is 292 g/mol. The van der Waals surface area contributed by atoms with E-state index < -0.39 is 5.97 Å². The first-order chi connectivity index (χ1) is 10.1. The third-order valence-electron chi connectivity index (χ3n) is 3.06. The summed E-state index contributed by atoms with van der Waals surface area (Å²) in [5, 5.41) is 18.9. The SMILES string of the molecule is O=C(O)c1ccc(Cl)nc1N(CO)CCc1ccccc1. The van der Waals surface area contributed by atoms with Gasteiger partial charge >= 0.3 is 5.97 Å². The normalized spacial score (nSPS) is 10.4. The van der Waals surface area contributed by atoms with Crippen LogP contribution in [0.1, 0.15) is 15.9 Å². The number of nitrogens with zero attached hydrogens (tertiary/aromatic N) is 2. The minimum atomic E-state index is -1.10. The predicted octanol–water partition coefficient (Wildman–Crippen LogP) is 2.43. The fraction of sp³-hybridized carbons (Fsp3) is 0.200. The number of pyridine rings is 1. The zero-order chi connectivity index (χ0) is 15.2. The number of halogens is 1. The topological polar surface area (TPSA) is 73.7 Å². The lowest BCUT2D eigenvalue weighted by Gasteiger charge is -2.22. The molecule has 5 nitrogen and oxygen atoms in total. The Hall–Kier alpha value is -2.11. The van der Waals surface area contributed by atoms with E-state index in [1.807, 2.05) is 30.3 Å². The lowest BCUT2D eigenvalue weighted by atomic mass is 10.1. The van der Waals surface area contributed by atoms with Gasteiger partial charge in [-0.25, -0.2) is 9.78 Å². The highest BCUT2D eigenvalue weighted by atomic mass is 35.5. The van der Waals surface area contributed by atoms with E-state index in [1.54, 1.807) is 0 Å². The van der Waals surface area contributed by atoms with Crippen LogP contribution in [-0.4, -0.2) is 34.4 Å². The van der Waals surface area contributed by atoms with Crippen LogP contribution in [0.4, 0.5) is 5.82 Å². The van der Waals surface area contributed by atoms with Crippen molar-refractivity contribution in [3.8, 4) is 0 Å². The molecule has 0 unspecified atom stereocenters. The first-order valence-corrected chi connectivity index (χ1v) is 6.79. The molecule has 0 spiro atoms. The van der Waals surface area contributed by atoms with Crippen LogP contribution >= 0.6 is 11.6 Å². The lowest BCUT2D eigenvalue weighted by molar-refractivity contribution is 0.0697. The molecule has 0 aliphatic rings. The molecule has 2 N–H and O–H groups in total. The molecule has 0 aliphatic carbocycles. The Labute approximate surface area is 127 Å². The number of carbonyl (C=O) groups is 1. The predicted molar refractivity (Wildman–Crippen MR) is 80.8 cm³/mol. The number of aromatic nitrogens is 1. The van der Waals surface area contributed by atoms with Crippen LogP contribution in [0.15, 0.2) is 42.5 Å². The molecule has 0 saturated carbocycles. The van der Waals surface area contributed by atoms with Gasteiger partial charge < -0.3 is 15.1 Å². The Morgan fingerprint density at radius 2 is 1.90 bits per heavy atom. The van der Waals surface area contributed by atoms with Gasteiger partial charge in [0.1, 0.15) is 23.3 Å². The number of anilines is 1. The van der Waals surface area contributed by atoms with Gasteiger partial charge in [0.05, 0.1) is 0 Å². The Kier molecular flexibility index (Phi) is 5.14. The molecule has 2 aromatic rings. The molecule has 0 amide bonds. The Balaban J connectivity index is 2.21. The van der Waals surface area contributed by atoms with Gasteiger partial charge in [0.15, 0.2) is 0 Å². The van der Waals surface area contributed by atoms with Crippen LogP contribution in [0.5, 0.6) is 0 Å². The van der Waals surface area contributed by atoms with Crippen LogP contribution in [0, 0.1) is 0 Å². The fourth-order valence-electron chi connectivity index (χ4n) is 1.99. The van der Waals surface area contributed by atoms with E-state index in [0.717, 1.165) is 5.56 Å². The fourth-order valence-corrected chi connectivity index (χ4v) is 2.13. The number of aliphatic hydroxyl groups is 1. The van der Waals surface area contributed by atoms with Crippen LogP contribution in [0.3, 0.4) is 0 Å². The van der Waals surface area contributed by atoms with E-state index in [0.29, 0.717) is 13.0 Å². The largest absolute Gasteiger partial charge is 0.478 e. The van der Waals surface area contributed by atoms with Crippen LogP contribution in [0.25, 0.3) is 0 Å². The first-order valence-electron chi connectivity index (χ1n) is 6.41. The summed E-state index contributed by atoms with van der Waals surface area (Å²) in [7, 11) is 0. The van der Waals surface area contributed by atoms with Gasteiger partial charge in [0, 0.05) is 6.54 Å². The van der Waals surface area contributed by atoms with Crippen molar-refractivity contribution in [1.82, 2.24) is 4.98 Å². The van der Waals surface area contributed by atoms with Crippen LogP contribution < -0.4 is 4.90 Å². The summed E-state index contributed by atoms with van der Waals surface area (Å²) in [5.41, 5.74) is 1.11. The van der Waals surface area contributed by atoms with Gasteiger partial charge in [-0.05, 0) is 24.1 Å². The van der Waals surface area contributed by atoms with Crippen LogP contribution in [0.2, 0.25) is 5.15 Å². The average Bonchev–Trinajstić information content (AvgIpc) is 2.49. The molecule has 0 saturated heterocycles. The van der Waals surface area contributed by atoms with Gasteiger partial charge in [0.25, 0.3) is 0 Å². The number of hydrogen-bond acceptors (Lipinski definition) is 4. The molecule has 0 aliphatic heterocycles. The molecular formula is C15H15ClN2O3. The number of aromatic carboxylic acids is 1. The molecule has 0 bridgehead atoms. The van der Waals surface area contributed by atoms with E-state index >= 15 is 0 Å². The second-order valence-electron chi connectivity index (χ2n) is 4.45. The minimum Gasteiger partial charge on any atom is -0.478 e. The van der Waals surface area contributed by atoms with Gasteiger partial charge in [-0.2, -0.15) is 0 Å². The summed E-state index contributed by atoms with van der Waals surface area (Å²) in [6, 6.07) is 12.5. The Bertz CT molecular complexity index is 620. The number of benzene rings is 1. The van der Waals surface area contributed by atoms with Gasteiger partial charge in [-0.3, -0.25) is 0 Å². The third kappa shape index (κ3) is 3.93. The summed E-state index contributed by atoms with van der Waals surface area (Å²) < 4.78 is 0. The quantitative estimate of drug-likeness (QED) is 0.633. The average molecular weight is 307 g/mol. The van der Waals surface area contributed by atoms with Crippen molar-refractivity contribution in [2.45, 2.75) is 6.42 Å². The molecule has 2 rings (SSSR count). The monoisotopic (exact) mass is 306 g/mol. The number of hydrogen-bond donors (Lipinski definition) is 2. The Morgan fingerprint density at radius 3 is 2.52 bits per heavy atom. The Morgan fingerprint density at radius 1 is 1.19 bits per heavy atom. The number of aliphatic hydroxyl groups excluding tert-OH is 1. The highest BCUT2D eigenvalue weighted by Crippen LogP contribution is 2.21. The van der Waals surface area contributed by atoms with E-state index in [9.17, 15) is 15.0 Å². The van der Waals surface area contributed by atoms with Crippen molar-refractivity contribution in [2.75, 3.05) is 18.2 Å². The summed E-state index contributed by atoms with van der Waals surface area (Å²) in [6.07, 6.45) is 0.661. The molecule has 6 heteroatoms. The van der Waals surface area contributed by atoms with E-state index in [4.69, 9.17) is 11.6 Å². The van der Waals surface area contributed by atoms with Gasteiger partial charge in [0.2, 0.25) is 0 Å². The third-order valence-corrected chi connectivity index (χ3v) is 3.27. The van der Waals surface area contributed by atoms with E-state index in [-0.39, 0.29) is 23.3 Å². The van der Waals surface area contributed by atoms with Crippen LogP contribution in [-0.2, 0) is 6.42 Å². The van der Waals surface area contributed by atoms with Crippen molar-refractivity contribution in [3.05, 3.63) is 58.7 Å². The minimum absolute atomic E-state index is 0.0153. The molecule has 21 heavy (non-hydrogen) atoms. The van der Waals surface area contributed by atoms with Crippen molar-refractivity contribution >= 4 is 23.4 Å². The highest BCUT2D eigenvalue weighted by molar-refractivity contribution is 6.29. The zero-order valence-electron chi connectivity index (χ0n) is 11.2. The molecule has 110 valence electrons. The first kappa shape index (κ1) is 15.3. The molecule has 1 aromatic heterocycles. The maximum Gasteiger partial charge on any atom is 0.339 e. The molecule has 1 aromatic carbocycles. The number of carboxylic acid groups (broad SMARTS) is 1. The van der Waals surface area contributed by atoms with Gasteiger partial charge in [-0.15, -0.1) is 0 Å². The lowest BCUT2D eigenvalue weighted by Crippen LogP contribution is -2.29. The summed E-state index contributed by atoms with van der Waals surface area (Å²) in [5.74, 6) is -0.930. The summed E-state index contributed by atoms with van der Waals surface area (Å²) in [4.78, 5) is 16.8. The molecule has 0 radical (unpaired) electrons. The molecule has 0 atom stereocenters. The number of carboxylic acids is 1. The molecule has 1 heterocycles. The van der Waals surface area contributed by atoms with Crippen molar-refractivity contribution < 1.29 is 15.0 Å². The van der Waals surface area contributed by atoms with E-state index in [2.05, 4.69) is 4.98 Å². The summed E-state index contributed by atoms with van der Waals surface area (Å²) in [6.45, 7) is 0.106. The smallest absolute Gasteiger partial charge is 0.339 e. The second kappa shape index (κ2) is 7.06. The van der Waals surface area contributed by atoms with Crippen molar-refractivity contribution in [2.24, 2.45) is 0 Å². The maximum atomic E-state index is 11.2. The molecule has 0 fully saturated rings. The number of rotatable bonds is 6. The van der Waals surface area contributed by atoms with E-state index in [1.165, 1.54) is 17.0 Å². The maximum absolute atomic E-state index is 11.2. The van der Waals surface area contributed by atoms with Gasteiger partial charge in [-0.1, -0.05) is 41.9 Å². The standard InChI is InChI=1S/C15H15ClN2O3/c16-13-7-6-12(15(20)21)14(17-13)18(10-19)9-8-11-4-2-1-3-5-11/h1-7,19H,8-10H2,(H,20,21). The zero-order valence-corrected chi connectivity index (χ0v) is 12.0.